The Hall–Kier alpha value is -0.0231. The van der Waals surface area contributed by atoms with Gasteiger partial charge in [0.05, 0.1) is 6.61 Å². The zero-order valence-electron chi connectivity index (χ0n) is 14.1. The summed E-state index contributed by atoms with van der Waals surface area (Å²) in [6.45, 7) is 10.9. The molecule has 1 aliphatic heterocycles. The molecule has 2 N–H and O–H groups in total. The van der Waals surface area contributed by atoms with Crippen LogP contribution in [0.1, 0.15) is 20.8 Å². The Morgan fingerprint density at radius 3 is 2.00 bits per heavy atom. The Morgan fingerprint density at radius 1 is 1.05 bits per heavy atom. The SMILES string of the molecule is CO[C@@H]1[C@@H](OC)[C@H](O)[C@@H](CO[Si](C)(C)C(C)(C)C)O[C@@H]1O. The lowest BCUT2D eigenvalue weighted by Gasteiger charge is -2.43. The number of hydrogen-bond acceptors (Lipinski definition) is 6. The number of aliphatic hydroxyl groups excluding tert-OH is 2. The van der Waals surface area contributed by atoms with Gasteiger partial charge in [0, 0.05) is 14.2 Å². The van der Waals surface area contributed by atoms with E-state index in [4.69, 9.17) is 18.6 Å². The molecule has 1 aliphatic rings. The van der Waals surface area contributed by atoms with Crippen molar-refractivity contribution in [2.45, 2.75) is 69.6 Å². The first-order valence-electron chi connectivity index (χ1n) is 7.26. The van der Waals surface area contributed by atoms with Crippen LogP contribution >= 0.6 is 0 Å². The molecule has 7 heteroatoms. The van der Waals surface area contributed by atoms with Crippen LogP contribution in [0.4, 0.5) is 0 Å². The smallest absolute Gasteiger partial charge is 0.192 e. The van der Waals surface area contributed by atoms with Gasteiger partial charge in [-0.15, -0.1) is 0 Å². The molecule has 1 fully saturated rings. The molecule has 0 aliphatic carbocycles. The standard InChI is InChI=1S/C14H30O6Si/c1-14(2,3)21(6,7)19-8-9-10(15)11(17-4)12(18-5)13(16)20-9/h9-13,15-16H,8H2,1-7H3/t9-,10-,11+,12-,13+/m1/s1. The van der Waals surface area contributed by atoms with E-state index in [9.17, 15) is 10.2 Å². The molecule has 1 rings (SSSR count). The molecule has 0 radical (unpaired) electrons. The summed E-state index contributed by atoms with van der Waals surface area (Å²) in [4.78, 5) is 0. The van der Waals surface area contributed by atoms with Crippen LogP contribution in [0.5, 0.6) is 0 Å². The summed E-state index contributed by atoms with van der Waals surface area (Å²) in [5.74, 6) is 0. The minimum atomic E-state index is -1.94. The molecule has 0 bridgehead atoms. The number of hydrogen-bond donors (Lipinski definition) is 2. The third kappa shape index (κ3) is 4.25. The predicted molar refractivity (Wildman–Crippen MR) is 81.6 cm³/mol. The van der Waals surface area contributed by atoms with E-state index in [0.29, 0.717) is 0 Å². The highest BCUT2D eigenvalue weighted by Crippen LogP contribution is 2.37. The summed E-state index contributed by atoms with van der Waals surface area (Å²) in [7, 11) is 0.980. The first kappa shape index (κ1) is 19.0. The molecule has 0 spiro atoms. The maximum Gasteiger partial charge on any atom is 0.192 e. The quantitative estimate of drug-likeness (QED) is 0.739. The van der Waals surface area contributed by atoms with Crippen molar-refractivity contribution in [3.63, 3.8) is 0 Å². The highest BCUT2D eigenvalue weighted by Gasteiger charge is 2.46. The highest BCUT2D eigenvalue weighted by molar-refractivity contribution is 6.74. The summed E-state index contributed by atoms with van der Waals surface area (Å²) in [5, 5.41) is 20.4. The second-order valence-electron chi connectivity index (χ2n) is 7.03. The minimum absolute atomic E-state index is 0.0704. The van der Waals surface area contributed by atoms with Crippen molar-refractivity contribution < 1.29 is 28.8 Å². The lowest BCUT2D eigenvalue weighted by molar-refractivity contribution is -0.295. The molecule has 0 unspecified atom stereocenters. The third-order valence-corrected chi connectivity index (χ3v) is 9.10. The monoisotopic (exact) mass is 322 g/mol. The third-order valence-electron chi connectivity index (χ3n) is 4.60. The maximum absolute atomic E-state index is 10.3. The molecule has 0 saturated carbocycles. The molecule has 0 aromatic heterocycles. The lowest BCUT2D eigenvalue weighted by atomic mass is 9.99. The van der Waals surface area contributed by atoms with Crippen molar-refractivity contribution in [3.8, 4) is 0 Å². The van der Waals surface area contributed by atoms with Crippen LogP contribution in [-0.2, 0) is 18.6 Å². The van der Waals surface area contributed by atoms with Crippen LogP contribution < -0.4 is 0 Å². The van der Waals surface area contributed by atoms with Crippen molar-refractivity contribution in [2.75, 3.05) is 20.8 Å². The number of methoxy groups -OCH3 is 2. The maximum atomic E-state index is 10.3. The summed E-state index contributed by atoms with van der Waals surface area (Å²) in [5.41, 5.74) is 0. The van der Waals surface area contributed by atoms with Crippen molar-refractivity contribution in [1.82, 2.24) is 0 Å². The van der Waals surface area contributed by atoms with E-state index in [1.54, 1.807) is 0 Å². The normalized spacial score (nSPS) is 35.0. The van der Waals surface area contributed by atoms with E-state index >= 15 is 0 Å². The Balaban J connectivity index is 2.72. The van der Waals surface area contributed by atoms with Crippen molar-refractivity contribution in [3.05, 3.63) is 0 Å². The first-order valence-corrected chi connectivity index (χ1v) is 10.2. The molecule has 6 nitrogen and oxygen atoms in total. The van der Waals surface area contributed by atoms with Crippen LogP contribution in [0, 0.1) is 0 Å². The van der Waals surface area contributed by atoms with Gasteiger partial charge in [-0.25, -0.2) is 0 Å². The molecule has 0 amide bonds. The molecule has 1 heterocycles. The largest absolute Gasteiger partial charge is 0.414 e. The fourth-order valence-electron chi connectivity index (χ4n) is 2.07. The van der Waals surface area contributed by atoms with Crippen LogP contribution in [0.3, 0.4) is 0 Å². The second kappa shape index (κ2) is 7.04. The van der Waals surface area contributed by atoms with Gasteiger partial charge in [0.25, 0.3) is 0 Å². The van der Waals surface area contributed by atoms with E-state index < -0.39 is 39.0 Å². The first-order chi connectivity index (χ1) is 9.55. The Kier molecular flexibility index (Phi) is 6.37. The van der Waals surface area contributed by atoms with E-state index in [-0.39, 0.29) is 11.6 Å². The summed E-state index contributed by atoms with van der Waals surface area (Å²) in [6.07, 6.45) is -4.05. The second-order valence-corrected chi connectivity index (χ2v) is 11.8. The molecule has 21 heavy (non-hydrogen) atoms. The summed E-state index contributed by atoms with van der Waals surface area (Å²) >= 11 is 0. The fourth-order valence-corrected chi connectivity index (χ4v) is 3.09. The van der Waals surface area contributed by atoms with Crippen molar-refractivity contribution >= 4 is 8.32 Å². The zero-order valence-corrected chi connectivity index (χ0v) is 15.1. The molecule has 126 valence electrons. The van der Waals surface area contributed by atoms with Crippen LogP contribution in [0.25, 0.3) is 0 Å². The van der Waals surface area contributed by atoms with Gasteiger partial charge >= 0.3 is 0 Å². The van der Waals surface area contributed by atoms with Crippen molar-refractivity contribution in [2.24, 2.45) is 0 Å². The van der Waals surface area contributed by atoms with Gasteiger partial charge in [-0.05, 0) is 18.1 Å². The van der Waals surface area contributed by atoms with Crippen molar-refractivity contribution in [1.29, 1.82) is 0 Å². The van der Waals surface area contributed by atoms with Gasteiger partial charge in [0.2, 0.25) is 0 Å². The Morgan fingerprint density at radius 2 is 1.57 bits per heavy atom. The van der Waals surface area contributed by atoms with E-state index in [0.717, 1.165) is 0 Å². The Labute approximate surface area is 128 Å². The van der Waals surface area contributed by atoms with Gasteiger partial charge in [-0.2, -0.15) is 0 Å². The van der Waals surface area contributed by atoms with Gasteiger partial charge in [-0.1, -0.05) is 20.8 Å². The molecule has 1 saturated heterocycles. The number of ether oxygens (including phenoxy) is 3. The molecule has 0 aromatic carbocycles. The van der Waals surface area contributed by atoms with Crippen LogP contribution in [0.2, 0.25) is 18.1 Å². The van der Waals surface area contributed by atoms with Gasteiger partial charge in [0.15, 0.2) is 14.6 Å². The van der Waals surface area contributed by atoms with Crippen LogP contribution in [-0.4, -0.2) is 70.1 Å². The minimum Gasteiger partial charge on any atom is -0.414 e. The fraction of sp³-hybridized carbons (Fsp3) is 1.00. The number of rotatable bonds is 5. The van der Waals surface area contributed by atoms with Gasteiger partial charge < -0.3 is 28.8 Å². The lowest BCUT2D eigenvalue weighted by Crippen LogP contribution is -2.60. The van der Waals surface area contributed by atoms with E-state index in [1.807, 2.05) is 0 Å². The number of aliphatic hydroxyl groups is 2. The van der Waals surface area contributed by atoms with Gasteiger partial charge in [-0.3, -0.25) is 0 Å². The van der Waals surface area contributed by atoms with Gasteiger partial charge in [0.1, 0.15) is 24.4 Å². The summed E-state index contributed by atoms with van der Waals surface area (Å²) < 4.78 is 21.9. The highest BCUT2D eigenvalue weighted by atomic mass is 28.4. The molecular formula is C14H30O6Si. The Bertz CT molecular complexity index is 330. The molecule has 5 atom stereocenters. The molecule has 0 aromatic rings. The van der Waals surface area contributed by atoms with Crippen LogP contribution in [0.15, 0.2) is 0 Å². The zero-order chi connectivity index (χ0) is 16.4. The predicted octanol–water partition coefficient (Wildman–Crippen LogP) is 1.12. The molecular weight excluding hydrogens is 292 g/mol. The topological polar surface area (TPSA) is 77.4 Å². The van der Waals surface area contributed by atoms with E-state index in [1.165, 1.54) is 14.2 Å². The average molecular weight is 322 g/mol. The average Bonchev–Trinajstić information content (AvgIpc) is 2.37. The van der Waals surface area contributed by atoms with E-state index in [2.05, 4.69) is 33.9 Å². The summed E-state index contributed by atoms with van der Waals surface area (Å²) in [6, 6.07) is 0.